The first-order chi connectivity index (χ1) is 10.9. The number of aromatic carboxylic acids is 1. The van der Waals surface area contributed by atoms with Crippen molar-refractivity contribution < 1.29 is 19.1 Å². The predicted molar refractivity (Wildman–Crippen MR) is 87.7 cm³/mol. The molecule has 0 radical (unpaired) electrons. The first kappa shape index (κ1) is 17.6. The molecule has 128 valence electrons. The fourth-order valence-electron chi connectivity index (χ4n) is 3.13. The molecule has 1 aromatic heterocycles. The molecule has 1 N–H and O–H groups in total. The number of hydrogen-bond donors (Lipinski definition) is 1. The number of piperidine rings is 1. The molecule has 1 aliphatic heterocycles. The minimum absolute atomic E-state index is 0.0997. The van der Waals surface area contributed by atoms with E-state index in [1.165, 1.54) is 18.9 Å². The fraction of sp³-hybridized carbons (Fsp3) is 0.667. The van der Waals surface area contributed by atoms with Crippen LogP contribution in [-0.2, 0) is 6.42 Å². The largest absolute Gasteiger partial charge is 0.478 e. The summed E-state index contributed by atoms with van der Waals surface area (Å²) in [5, 5.41) is 9.16. The number of hydrogen-bond acceptors (Lipinski definition) is 3. The summed E-state index contributed by atoms with van der Waals surface area (Å²) in [6.45, 7) is 7.75. The Hall–Kier alpha value is -1.78. The number of furan rings is 1. The highest BCUT2D eigenvalue weighted by Gasteiger charge is 2.27. The molecule has 0 bridgehead atoms. The second-order valence-corrected chi connectivity index (χ2v) is 6.81. The summed E-state index contributed by atoms with van der Waals surface area (Å²) in [5.74, 6) is 0.706. The van der Waals surface area contributed by atoms with Crippen LogP contribution in [0.25, 0.3) is 0 Å². The van der Waals surface area contributed by atoms with E-state index in [4.69, 9.17) is 9.52 Å². The van der Waals surface area contributed by atoms with Crippen LogP contribution < -0.4 is 0 Å². The highest BCUT2D eigenvalue weighted by atomic mass is 16.4. The number of carbonyl (C=O) groups is 2. The summed E-state index contributed by atoms with van der Waals surface area (Å²) >= 11 is 0. The molecular weight excluding hydrogens is 294 g/mol. The highest BCUT2D eigenvalue weighted by molar-refractivity contribution is 5.96. The topological polar surface area (TPSA) is 70.8 Å². The molecule has 0 aliphatic carbocycles. The minimum Gasteiger partial charge on any atom is -0.478 e. The summed E-state index contributed by atoms with van der Waals surface area (Å²) < 4.78 is 5.47. The van der Waals surface area contributed by atoms with Crippen LogP contribution in [0.2, 0.25) is 0 Å². The quantitative estimate of drug-likeness (QED) is 0.864. The lowest BCUT2D eigenvalue weighted by Crippen LogP contribution is -2.38. The van der Waals surface area contributed by atoms with E-state index < -0.39 is 5.97 Å². The van der Waals surface area contributed by atoms with Crippen molar-refractivity contribution in [3.8, 4) is 0 Å². The zero-order chi connectivity index (χ0) is 17.0. The van der Waals surface area contributed by atoms with Gasteiger partial charge in [0.15, 0.2) is 5.76 Å². The van der Waals surface area contributed by atoms with Gasteiger partial charge in [0, 0.05) is 25.6 Å². The Morgan fingerprint density at radius 1 is 1.35 bits per heavy atom. The molecule has 5 nitrogen and oxygen atoms in total. The van der Waals surface area contributed by atoms with Crippen molar-refractivity contribution >= 4 is 11.9 Å². The van der Waals surface area contributed by atoms with Crippen molar-refractivity contribution in [2.45, 2.75) is 52.9 Å². The van der Waals surface area contributed by atoms with Gasteiger partial charge in [-0.15, -0.1) is 0 Å². The van der Waals surface area contributed by atoms with Gasteiger partial charge >= 0.3 is 5.97 Å². The van der Waals surface area contributed by atoms with Gasteiger partial charge in [0.1, 0.15) is 11.3 Å². The summed E-state index contributed by atoms with van der Waals surface area (Å²) in [4.78, 5) is 25.5. The van der Waals surface area contributed by atoms with Gasteiger partial charge in [-0.3, -0.25) is 4.79 Å². The van der Waals surface area contributed by atoms with Gasteiger partial charge < -0.3 is 14.4 Å². The molecule has 0 saturated carbocycles. The third kappa shape index (κ3) is 4.36. The van der Waals surface area contributed by atoms with Gasteiger partial charge in [0.2, 0.25) is 0 Å². The van der Waals surface area contributed by atoms with Crippen molar-refractivity contribution in [3.63, 3.8) is 0 Å². The molecular formula is C18H27NO4. The zero-order valence-corrected chi connectivity index (χ0v) is 14.3. The summed E-state index contributed by atoms with van der Waals surface area (Å²) in [6, 6.07) is 1.37. The number of likely N-dealkylation sites (tertiary alicyclic amines) is 1. The molecule has 1 fully saturated rings. The highest BCUT2D eigenvalue weighted by Crippen LogP contribution is 2.26. The van der Waals surface area contributed by atoms with E-state index >= 15 is 0 Å². The smallest absolute Gasteiger partial charge is 0.339 e. The number of rotatable bonds is 6. The number of carboxylic acid groups (broad SMARTS) is 1. The molecule has 2 rings (SSSR count). The molecule has 0 spiro atoms. The van der Waals surface area contributed by atoms with Crippen molar-refractivity contribution in [3.05, 3.63) is 23.2 Å². The van der Waals surface area contributed by atoms with E-state index in [-0.39, 0.29) is 17.2 Å². The number of carbonyl (C=O) groups excluding carboxylic acids is 1. The Bertz CT molecular complexity index is 553. The van der Waals surface area contributed by atoms with Crippen LogP contribution in [0.1, 0.15) is 73.1 Å². The average molecular weight is 321 g/mol. The molecule has 0 atom stereocenters. The first-order valence-electron chi connectivity index (χ1n) is 8.57. The van der Waals surface area contributed by atoms with Crippen molar-refractivity contribution in [1.82, 2.24) is 4.90 Å². The Morgan fingerprint density at radius 2 is 2.00 bits per heavy atom. The van der Waals surface area contributed by atoms with Crippen LogP contribution in [-0.4, -0.2) is 35.0 Å². The van der Waals surface area contributed by atoms with Crippen LogP contribution >= 0.6 is 0 Å². The minimum atomic E-state index is -1.04. The van der Waals surface area contributed by atoms with Crippen LogP contribution in [0.3, 0.4) is 0 Å². The van der Waals surface area contributed by atoms with Gasteiger partial charge in [0.05, 0.1) is 0 Å². The lowest BCUT2D eigenvalue weighted by molar-refractivity contribution is 0.0648. The Balaban J connectivity index is 1.96. The van der Waals surface area contributed by atoms with Gasteiger partial charge in [-0.1, -0.05) is 33.6 Å². The van der Waals surface area contributed by atoms with Crippen LogP contribution in [0.5, 0.6) is 0 Å². The number of aryl methyl sites for hydroxylation is 1. The van der Waals surface area contributed by atoms with Gasteiger partial charge in [-0.05, 0) is 24.7 Å². The van der Waals surface area contributed by atoms with Crippen molar-refractivity contribution in [2.75, 3.05) is 13.1 Å². The monoisotopic (exact) mass is 321 g/mol. The van der Waals surface area contributed by atoms with Crippen LogP contribution in [0, 0.1) is 11.8 Å². The molecule has 1 aromatic rings. The molecule has 5 heteroatoms. The van der Waals surface area contributed by atoms with Crippen molar-refractivity contribution in [1.29, 1.82) is 0 Å². The fourth-order valence-corrected chi connectivity index (χ4v) is 3.13. The third-order valence-corrected chi connectivity index (χ3v) is 4.63. The number of carboxylic acids is 1. The van der Waals surface area contributed by atoms with E-state index in [1.807, 2.05) is 6.92 Å². The van der Waals surface area contributed by atoms with E-state index in [9.17, 15) is 9.59 Å². The molecule has 1 aliphatic rings. The lowest BCUT2D eigenvalue weighted by Gasteiger charge is -2.31. The Morgan fingerprint density at radius 3 is 2.48 bits per heavy atom. The van der Waals surface area contributed by atoms with E-state index in [0.29, 0.717) is 18.1 Å². The predicted octanol–water partition coefficient (Wildman–Crippen LogP) is 3.83. The average Bonchev–Trinajstić information content (AvgIpc) is 2.97. The molecule has 1 saturated heterocycles. The second kappa shape index (κ2) is 7.66. The van der Waals surface area contributed by atoms with Gasteiger partial charge in [-0.2, -0.15) is 0 Å². The lowest BCUT2D eigenvalue weighted by atomic mass is 9.89. The van der Waals surface area contributed by atoms with E-state index in [0.717, 1.165) is 31.8 Å². The first-order valence-corrected chi connectivity index (χ1v) is 8.57. The van der Waals surface area contributed by atoms with Crippen molar-refractivity contribution in [2.24, 2.45) is 11.8 Å². The maximum absolute atomic E-state index is 12.5. The van der Waals surface area contributed by atoms with Gasteiger partial charge in [-0.25, -0.2) is 4.79 Å². The van der Waals surface area contributed by atoms with E-state index in [1.54, 1.807) is 4.90 Å². The molecule has 0 unspecified atom stereocenters. The summed E-state index contributed by atoms with van der Waals surface area (Å²) in [5.41, 5.74) is 0.0997. The molecule has 0 aromatic carbocycles. The van der Waals surface area contributed by atoms with Gasteiger partial charge in [0.25, 0.3) is 5.91 Å². The normalized spacial score (nSPS) is 16.1. The number of amides is 1. The zero-order valence-electron chi connectivity index (χ0n) is 14.3. The summed E-state index contributed by atoms with van der Waals surface area (Å²) in [7, 11) is 0. The Kier molecular flexibility index (Phi) is 5.85. The number of nitrogens with zero attached hydrogens (tertiary/aromatic N) is 1. The molecule has 1 amide bonds. The Labute approximate surface area is 137 Å². The SMILES string of the molecule is CCc1oc(C(=O)N2CCC(CCC(C)C)CC2)cc1C(=O)O. The second-order valence-electron chi connectivity index (χ2n) is 6.81. The standard InChI is InChI=1S/C18H27NO4/c1-4-15-14(18(21)22)11-16(23-15)17(20)19-9-7-13(8-10-19)6-5-12(2)3/h11-13H,4-10H2,1-3H3,(H,21,22). The third-order valence-electron chi connectivity index (χ3n) is 4.63. The van der Waals surface area contributed by atoms with Crippen LogP contribution in [0.4, 0.5) is 0 Å². The van der Waals surface area contributed by atoms with Crippen LogP contribution in [0.15, 0.2) is 10.5 Å². The van der Waals surface area contributed by atoms with E-state index in [2.05, 4.69) is 13.8 Å². The summed E-state index contributed by atoms with van der Waals surface area (Å²) in [6.07, 6.45) is 4.96. The molecule has 23 heavy (non-hydrogen) atoms. The maximum Gasteiger partial charge on any atom is 0.339 e. The molecule has 2 heterocycles. The maximum atomic E-state index is 12.5.